The van der Waals surface area contributed by atoms with Gasteiger partial charge in [-0.05, 0) is 18.6 Å². The zero-order valence-electron chi connectivity index (χ0n) is 9.79. The monoisotopic (exact) mass is 248 g/mol. The largest absolute Gasteiger partial charge is 0.480 e. The molecule has 0 aliphatic rings. The van der Waals surface area contributed by atoms with E-state index in [9.17, 15) is 9.59 Å². The first kappa shape index (κ1) is 12.3. The fourth-order valence-corrected chi connectivity index (χ4v) is 1.63. The molecule has 1 N–H and O–H groups in total. The molecular formula is C12H12N2O4. The molecule has 0 saturated carbocycles. The van der Waals surface area contributed by atoms with Crippen LogP contribution in [0.4, 0.5) is 0 Å². The van der Waals surface area contributed by atoms with Crippen LogP contribution in [-0.4, -0.2) is 27.1 Å². The van der Waals surface area contributed by atoms with Crippen LogP contribution in [0.25, 0.3) is 5.65 Å². The summed E-state index contributed by atoms with van der Waals surface area (Å²) in [5.74, 6) is -1.05. The van der Waals surface area contributed by atoms with Crippen molar-refractivity contribution in [1.29, 1.82) is 0 Å². The van der Waals surface area contributed by atoms with Gasteiger partial charge in [-0.15, -0.1) is 0 Å². The molecule has 94 valence electrons. The third-order valence-electron chi connectivity index (χ3n) is 2.41. The zero-order chi connectivity index (χ0) is 13.1. The molecular weight excluding hydrogens is 236 g/mol. The molecule has 2 rings (SSSR count). The molecule has 0 aliphatic carbocycles. The second-order valence-electron chi connectivity index (χ2n) is 3.86. The number of hydrogen-bond acceptors (Lipinski definition) is 4. The van der Waals surface area contributed by atoms with Crippen LogP contribution < -0.4 is 5.56 Å². The van der Waals surface area contributed by atoms with E-state index in [2.05, 4.69) is 4.98 Å². The highest BCUT2D eigenvalue weighted by Crippen LogP contribution is 2.06. The van der Waals surface area contributed by atoms with Crippen LogP contribution in [0.2, 0.25) is 0 Å². The van der Waals surface area contributed by atoms with Crippen molar-refractivity contribution in [2.24, 2.45) is 0 Å². The lowest BCUT2D eigenvalue weighted by Gasteiger charge is -2.06. The average Bonchev–Trinajstić information content (AvgIpc) is 2.30. The Labute approximate surface area is 102 Å². The van der Waals surface area contributed by atoms with Crippen molar-refractivity contribution in [3.8, 4) is 0 Å². The van der Waals surface area contributed by atoms with Crippen LogP contribution in [0.5, 0.6) is 0 Å². The van der Waals surface area contributed by atoms with Gasteiger partial charge >= 0.3 is 5.97 Å². The van der Waals surface area contributed by atoms with Gasteiger partial charge in [-0.3, -0.25) is 9.20 Å². The molecule has 0 atom stereocenters. The lowest BCUT2D eigenvalue weighted by atomic mass is 10.3. The van der Waals surface area contributed by atoms with Crippen molar-refractivity contribution in [2.75, 3.05) is 6.61 Å². The number of ether oxygens (including phenoxy) is 1. The summed E-state index contributed by atoms with van der Waals surface area (Å²) in [5, 5.41) is 8.45. The molecule has 2 aromatic rings. The molecule has 0 bridgehead atoms. The summed E-state index contributed by atoms with van der Waals surface area (Å²) in [4.78, 5) is 26.4. The molecule has 0 unspecified atom stereocenters. The van der Waals surface area contributed by atoms with Gasteiger partial charge in [-0.25, -0.2) is 9.78 Å². The highest BCUT2D eigenvalue weighted by Gasteiger charge is 2.05. The summed E-state index contributed by atoms with van der Waals surface area (Å²) in [5.41, 5.74) is 1.64. The molecule has 0 aromatic carbocycles. The maximum atomic E-state index is 11.8. The number of nitrogens with zero attached hydrogens (tertiary/aromatic N) is 2. The minimum absolute atomic E-state index is 0.00632. The lowest BCUT2D eigenvalue weighted by molar-refractivity contribution is -0.142. The summed E-state index contributed by atoms with van der Waals surface area (Å²) in [6, 6.07) is 4.96. The normalized spacial score (nSPS) is 10.7. The summed E-state index contributed by atoms with van der Waals surface area (Å²) < 4.78 is 6.36. The van der Waals surface area contributed by atoms with Crippen molar-refractivity contribution in [2.45, 2.75) is 13.5 Å². The number of carboxylic acid groups (broad SMARTS) is 1. The van der Waals surface area contributed by atoms with Gasteiger partial charge < -0.3 is 9.84 Å². The van der Waals surface area contributed by atoms with E-state index in [1.165, 1.54) is 10.5 Å². The Kier molecular flexibility index (Phi) is 3.38. The molecule has 6 nitrogen and oxygen atoms in total. The Hall–Kier alpha value is -2.21. The fraction of sp³-hybridized carbons (Fsp3) is 0.250. The van der Waals surface area contributed by atoms with Gasteiger partial charge in [0.25, 0.3) is 5.56 Å². The first-order valence-corrected chi connectivity index (χ1v) is 5.35. The first-order chi connectivity index (χ1) is 8.58. The average molecular weight is 248 g/mol. The van der Waals surface area contributed by atoms with Gasteiger partial charge in [-0.2, -0.15) is 0 Å². The van der Waals surface area contributed by atoms with Crippen LogP contribution in [0.3, 0.4) is 0 Å². The second-order valence-corrected chi connectivity index (χ2v) is 3.86. The quantitative estimate of drug-likeness (QED) is 0.857. The van der Waals surface area contributed by atoms with E-state index in [-0.39, 0.29) is 12.2 Å². The summed E-state index contributed by atoms with van der Waals surface area (Å²) >= 11 is 0. The van der Waals surface area contributed by atoms with E-state index in [1.54, 1.807) is 12.3 Å². The SMILES string of the molecule is Cc1cccn2c(=O)cc(COCC(=O)O)nc12. The number of aromatic nitrogens is 2. The number of carboxylic acids is 1. The number of rotatable bonds is 4. The van der Waals surface area contributed by atoms with Crippen molar-refractivity contribution >= 4 is 11.6 Å². The van der Waals surface area contributed by atoms with Crippen LogP contribution >= 0.6 is 0 Å². The Balaban J connectivity index is 2.33. The van der Waals surface area contributed by atoms with E-state index in [4.69, 9.17) is 9.84 Å². The van der Waals surface area contributed by atoms with E-state index in [0.717, 1.165) is 5.56 Å². The topological polar surface area (TPSA) is 80.9 Å². The number of hydrogen-bond donors (Lipinski definition) is 1. The number of aryl methyl sites for hydroxylation is 1. The van der Waals surface area contributed by atoms with Crippen molar-refractivity contribution < 1.29 is 14.6 Å². The minimum atomic E-state index is -1.05. The highest BCUT2D eigenvalue weighted by molar-refractivity contribution is 5.67. The molecule has 6 heteroatoms. The van der Waals surface area contributed by atoms with Gasteiger partial charge in [0.05, 0.1) is 12.3 Å². The van der Waals surface area contributed by atoms with Gasteiger partial charge in [0.2, 0.25) is 0 Å². The van der Waals surface area contributed by atoms with E-state index >= 15 is 0 Å². The number of aliphatic carboxylic acids is 1. The van der Waals surface area contributed by atoms with Crippen LogP contribution in [0, 0.1) is 6.92 Å². The van der Waals surface area contributed by atoms with Crippen LogP contribution in [0.1, 0.15) is 11.3 Å². The number of carbonyl (C=O) groups is 1. The van der Waals surface area contributed by atoms with Crippen molar-refractivity contribution in [3.63, 3.8) is 0 Å². The third-order valence-corrected chi connectivity index (χ3v) is 2.41. The molecule has 0 radical (unpaired) electrons. The fourth-order valence-electron chi connectivity index (χ4n) is 1.63. The second kappa shape index (κ2) is 4.97. The minimum Gasteiger partial charge on any atom is -0.480 e. The summed E-state index contributed by atoms with van der Waals surface area (Å²) in [7, 11) is 0. The maximum absolute atomic E-state index is 11.8. The first-order valence-electron chi connectivity index (χ1n) is 5.35. The smallest absolute Gasteiger partial charge is 0.329 e. The molecule has 2 aromatic heterocycles. The van der Waals surface area contributed by atoms with Gasteiger partial charge in [0.1, 0.15) is 12.3 Å². The van der Waals surface area contributed by atoms with Gasteiger partial charge in [-0.1, -0.05) is 6.07 Å². The summed E-state index contributed by atoms with van der Waals surface area (Å²) in [6.07, 6.45) is 1.64. The molecule has 18 heavy (non-hydrogen) atoms. The lowest BCUT2D eigenvalue weighted by Crippen LogP contribution is -2.17. The Bertz CT molecular complexity index is 648. The number of fused-ring (bicyclic) bond motifs is 1. The van der Waals surface area contributed by atoms with Crippen molar-refractivity contribution in [1.82, 2.24) is 9.38 Å². The van der Waals surface area contributed by atoms with E-state index in [1.807, 2.05) is 13.0 Å². The maximum Gasteiger partial charge on any atom is 0.329 e. The van der Waals surface area contributed by atoms with Crippen molar-refractivity contribution in [3.05, 3.63) is 46.0 Å². The van der Waals surface area contributed by atoms with Crippen LogP contribution in [0.15, 0.2) is 29.2 Å². The standard InChI is InChI=1S/C12H12N2O4/c1-8-3-2-4-14-10(15)5-9(13-12(8)14)6-18-7-11(16)17/h2-5H,6-7H2,1H3,(H,16,17). The molecule has 0 aliphatic heterocycles. The Morgan fingerprint density at radius 1 is 1.56 bits per heavy atom. The third kappa shape index (κ3) is 2.54. The molecule has 0 fully saturated rings. The molecule has 0 spiro atoms. The van der Waals surface area contributed by atoms with E-state index < -0.39 is 12.6 Å². The predicted octanol–water partition coefficient (Wildman–Crippen LogP) is 0.604. The summed E-state index contributed by atoms with van der Waals surface area (Å²) in [6.45, 7) is 1.45. The number of pyridine rings is 1. The van der Waals surface area contributed by atoms with Gasteiger partial charge in [0.15, 0.2) is 0 Å². The van der Waals surface area contributed by atoms with Crippen LogP contribution in [-0.2, 0) is 16.1 Å². The molecule has 0 amide bonds. The Morgan fingerprint density at radius 3 is 3.06 bits per heavy atom. The van der Waals surface area contributed by atoms with Gasteiger partial charge in [0, 0.05) is 12.3 Å². The Morgan fingerprint density at radius 2 is 2.33 bits per heavy atom. The predicted molar refractivity (Wildman–Crippen MR) is 63.5 cm³/mol. The van der Waals surface area contributed by atoms with E-state index in [0.29, 0.717) is 11.3 Å². The molecule has 0 saturated heterocycles. The highest BCUT2D eigenvalue weighted by atomic mass is 16.5. The molecule has 2 heterocycles. The zero-order valence-corrected chi connectivity index (χ0v) is 9.79.